The van der Waals surface area contributed by atoms with Crippen LogP contribution in [0.4, 0.5) is 0 Å². The van der Waals surface area contributed by atoms with Crippen LogP contribution < -0.4 is 11.1 Å². The number of amides is 1. The fourth-order valence-corrected chi connectivity index (χ4v) is 2.94. The van der Waals surface area contributed by atoms with Crippen molar-refractivity contribution in [3.8, 4) is 0 Å². The third kappa shape index (κ3) is 2.24. The molecule has 1 aromatic heterocycles. The zero-order valence-corrected chi connectivity index (χ0v) is 10.9. The lowest BCUT2D eigenvalue weighted by atomic mass is 9.97. The van der Waals surface area contributed by atoms with Crippen molar-refractivity contribution in [1.82, 2.24) is 10.3 Å². The number of nitrogens with one attached hydrogen (secondary N) is 2. The van der Waals surface area contributed by atoms with Crippen LogP contribution in [0.1, 0.15) is 36.0 Å². The summed E-state index contributed by atoms with van der Waals surface area (Å²) < 4.78 is 0. The molecule has 0 atom stereocenters. The minimum atomic E-state index is -0.190. The fraction of sp³-hybridized carbons (Fsp3) is 0.400. The summed E-state index contributed by atoms with van der Waals surface area (Å²) in [5.41, 5.74) is 7.41. The van der Waals surface area contributed by atoms with Crippen molar-refractivity contribution < 1.29 is 4.79 Å². The standard InChI is InChI=1S/C15H19N3O/c16-10-15(6-1-2-7-15)18-14(19)12-3-4-13-11(9-12)5-8-17-13/h3-5,8-9,17H,1-2,6-7,10,16H2,(H,18,19). The SMILES string of the molecule is NCC1(NC(=O)c2ccc3[nH]ccc3c2)CCCC1. The number of carbonyl (C=O) groups is 1. The Kier molecular flexibility index (Phi) is 3.03. The van der Waals surface area contributed by atoms with Crippen LogP contribution in [-0.2, 0) is 0 Å². The third-order valence-electron chi connectivity index (χ3n) is 4.15. The largest absolute Gasteiger partial charge is 0.361 e. The maximum absolute atomic E-state index is 12.4. The summed E-state index contributed by atoms with van der Waals surface area (Å²) in [5, 5.41) is 4.20. The fourth-order valence-electron chi connectivity index (χ4n) is 2.94. The number of benzene rings is 1. The molecule has 1 heterocycles. The second-order valence-corrected chi connectivity index (χ2v) is 5.43. The van der Waals surface area contributed by atoms with Crippen LogP contribution >= 0.6 is 0 Å². The lowest BCUT2D eigenvalue weighted by molar-refractivity contribution is 0.0903. The Morgan fingerprint density at radius 1 is 1.32 bits per heavy atom. The Hall–Kier alpha value is -1.81. The first-order chi connectivity index (χ1) is 9.22. The number of H-pyrrole nitrogens is 1. The summed E-state index contributed by atoms with van der Waals surface area (Å²) in [4.78, 5) is 15.5. The second kappa shape index (κ2) is 4.70. The molecule has 1 saturated carbocycles. The lowest BCUT2D eigenvalue weighted by Gasteiger charge is -2.28. The van der Waals surface area contributed by atoms with Crippen molar-refractivity contribution in [2.24, 2.45) is 5.73 Å². The second-order valence-electron chi connectivity index (χ2n) is 5.43. The number of hydrogen-bond acceptors (Lipinski definition) is 2. The van der Waals surface area contributed by atoms with Crippen LogP contribution in [0.25, 0.3) is 10.9 Å². The maximum Gasteiger partial charge on any atom is 0.251 e. The van der Waals surface area contributed by atoms with Crippen molar-refractivity contribution in [3.05, 3.63) is 36.0 Å². The molecule has 0 aliphatic heterocycles. The van der Waals surface area contributed by atoms with Gasteiger partial charge >= 0.3 is 0 Å². The number of nitrogens with two attached hydrogens (primary N) is 1. The van der Waals surface area contributed by atoms with E-state index >= 15 is 0 Å². The molecule has 0 spiro atoms. The first-order valence-corrected chi connectivity index (χ1v) is 6.82. The number of carbonyl (C=O) groups excluding carboxylic acids is 1. The van der Waals surface area contributed by atoms with Crippen LogP contribution in [0.15, 0.2) is 30.5 Å². The van der Waals surface area contributed by atoms with E-state index in [9.17, 15) is 4.79 Å². The van der Waals surface area contributed by atoms with Crippen molar-refractivity contribution in [3.63, 3.8) is 0 Å². The van der Waals surface area contributed by atoms with Gasteiger partial charge in [-0.1, -0.05) is 12.8 Å². The van der Waals surface area contributed by atoms with E-state index in [2.05, 4.69) is 10.3 Å². The first-order valence-electron chi connectivity index (χ1n) is 6.82. The highest BCUT2D eigenvalue weighted by molar-refractivity contribution is 5.98. The van der Waals surface area contributed by atoms with Gasteiger partial charge in [-0.15, -0.1) is 0 Å². The number of aromatic amines is 1. The smallest absolute Gasteiger partial charge is 0.251 e. The molecule has 3 rings (SSSR count). The van der Waals surface area contributed by atoms with Gasteiger partial charge in [0.25, 0.3) is 5.91 Å². The molecular weight excluding hydrogens is 238 g/mol. The molecule has 1 aromatic carbocycles. The Bertz CT molecular complexity index is 596. The van der Waals surface area contributed by atoms with Crippen molar-refractivity contribution >= 4 is 16.8 Å². The van der Waals surface area contributed by atoms with Crippen molar-refractivity contribution in [2.45, 2.75) is 31.2 Å². The first kappa shape index (κ1) is 12.2. The molecule has 19 heavy (non-hydrogen) atoms. The Morgan fingerprint density at radius 3 is 2.84 bits per heavy atom. The Labute approximate surface area is 112 Å². The highest BCUT2D eigenvalue weighted by Crippen LogP contribution is 2.29. The molecule has 0 bridgehead atoms. The van der Waals surface area contributed by atoms with Gasteiger partial charge in [-0.3, -0.25) is 4.79 Å². The summed E-state index contributed by atoms with van der Waals surface area (Å²) in [6.45, 7) is 0.519. The molecule has 1 aliphatic carbocycles. The summed E-state index contributed by atoms with van der Waals surface area (Å²) in [5.74, 6) is -0.0181. The van der Waals surface area contributed by atoms with E-state index in [4.69, 9.17) is 5.73 Å². The lowest BCUT2D eigenvalue weighted by Crippen LogP contribution is -2.51. The molecule has 0 radical (unpaired) electrons. The zero-order chi connectivity index (χ0) is 13.3. The van der Waals surface area contributed by atoms with Gasteiger partial charge in [-0.2, -0.15) is 0 Å². The molecule has 2 aromatic rings. The molecular formula is C15H19N3O. The highest BCUT2D eigenvalue weighted by Gasteiger charge is 2.34. The van der Waals surface area contributed by atoms with Gasteiger partial charge in [0, 0.05) is 29.2 Å². The van der Waals surface area contributed by atoms with Gasteiger partial charge < -0.3 is 16.0 Å². The topological polar surface area (TPSA) is 70.9 Å². The van der Waals surface area contributed by atoms with Crippen molar-refractivity contribution in [2.75, 3.05) is 6.54 Å². The predicted octanol–water partition coefficient (Wildman–Crippen LogP) is 2.17. The molecule has 1 fully saturated rings. The van der Waals surface area contributed by atoms with E-state index < -0.39 is 0 Å². The van der Waals surface area contributed by atoms with Gasteiger partial charge in [0.2, 0.25) is 0 Å². The van der Waals surface area contributed by atoms with Crippen LogP contribution in [0, 0.1) is 0 Å². The number of fused-ring (bicyclic) bond motifs is 1. The molecule has 100 valence electrons. The molecule has 1 amide bonds. The molecule has 1 aliphatic rings. The minimum Gasteiger partial charge on any atom is -0.361 e. The maximum atomic E-state index is 12.4. The van der Waals surface area contributed by atoms with Gasteiger partial charge in [-0.25, -0.2) is 0 Å². The average molecular weight is 257 g/mol. The number of aromatic nitrogens is 1. The quantitative estimate of drug-likeness (QED) is 0.788. The van der Waals surface area contributed by atoms with Gasteiger partial charge in [0.1, 0.15) is 0 Å². The third-order valence-corrected chi connectivity index (χ3v) is 4.15. The average Bonchev–Trinajstić information content (AvgIpc) is 3.06. The van der Waals surface area contributed by atoms with Crippen LogP contribution in [0.5, 0.6) is 0 Å². The van der Waals surface area contributed by atoms with E-state index in [0.717, 1.165) is 36.6 Å². The normalized spacial score (nSPS) is 17.7. The molecule has 0 saturated heterocycles. The Morgan fingerprint density at radius 2 is 2.11 bits per heavy atom. The summed E-state index contributed by atoms with van der Waals surface area (Å²) in [7, 11) is 0. The summed E-state index contributed by atoms with van der Waals surface area (Å²) in [6.07, 6.45) is 6.15. The molecule has 4 nitrogen and oxygen atoms in total. The molecule has 0 unspecified atom stereocenters. The van der Waals surface area contributed by atoms with Gasteiger partial charge in [-0.05, 0) is 37.1 Å². The Balaban J connectivity index is 1.82. The summed E-state index contributed by atoms with van der Waals surface area (Å²) in [6, 6.07) is 7.68. The molecule has 4 heteroatoms. The van der Waals surface area contributed by atoms with E-state index in [1.54, 1.807) is 0 Å². The van der Waals surface area contributed by atoms with Gasteiger partial charge in [0.05, 0.1) is 5.54 Å². The van der Waals surface area contributed by atoms with Crippen LogP contribution in [0.3, 0.4) is 0 Å². The van der Waals surface area contributed by atoms with E-state index in [1.807, 2.05) is 30.5 Å². The van der Waals surface area contributed by atoms with Crippen molar-refractivity contribution in [1.29, 1.82) is 0 Å². The molecule has 4 N–H and O–H groups in total. The number of hydrogen-bond donors (Lipinski definition) is 3. The monoisotopic (exact) mass is 257 g/mol. The number of rotatable bonds is 3. The van der Waals surface area contributed by atoms with Crippen LogP contribution in [0.2, 0.25) is 0 Å². The van der Waals surface area contributed by atoms with E-state index in [1.165, 1.54) is 0 Å². The van der Waals surface area contributed by atoms with Crippen LogP contribution in [-0.4, -0.2) is 23.0 Å². The highest BCUT2D eigenvalue weighted by atomic mass is 16.1. The van der Waals surface area contributed by atoms with E-state index in [0.29, 0.717) is 12.1 Å². The van der Waals surface area contributed by atoms with E-state index in [-0.39, 0.29) is 11.4 Å². The minimum absolute atomic E-state index is 0.0181. The van der Waals surface area contributed by atoms with Gasteiger partial charge in [0.15, 0.2) is 0 Å². The summed E-state index contributed by atoms with van der Waals surface area (Å²) >= 11 is 0. The zero-order valence-electron chi connectivity index (χ0n) is 10.9. The predicted molar refractivity (Wildman–Crippen MR) is 76.0 cm³/mol.